The van der Waals surface area contributed by atoms with Crippen molar-refractivity contribution in [2.75, 3.05) is 6.54 Å². The molecular weight excluding hydrogens is 278 g/mol. The first-order valence-corrected chi connectivity index (χ1v) is 7.93. The van der Waals surface area contributed by atoms with E-state index in [-0.39, 0.29) is 5.78 Å². The smallest absolute Gasteiger partial charge is 0.167 e. The fraction of sp³-hybridized carbons (Fsp3) is 0.167. The molecule has 0 unspecified atom stereocenters. The van der Waals surface area contributed by atoms with Crippen molar-refractivity contribution < 1.29 is 4.79 Å². The number of hydrogen-bond acceptors (Lipinski definition) is 3. The zero-order valence-corrected chi connectivity index (χ0v) is 12.5. The van der Waals surface area contributed by atoms with Gasteiger partial charge in [0.15, 0.2) is 5.78 Å². The lowest BCUT2D eigenvalue weighted by molar-refractivity contribution is 0.0993. The van der Waals surface area contributed by atoms with Crippen LogP contribution in [0.2, 0.25) is 0 Å². The van der Waals surface area contributed by atoms with Crippen LogP contribution in [0.5, 0.6) is 0 Å². The standard InChI is InChI=1S/C18H17NOS/c19-10-9-13-5-7-14(8-6-13)17(20)11-15-12-21-18-4-2-1-3-16(15)18/h1-8,12H,9-11,19H2. The predicted octanol–water partition coefficient (Wildman–Crippen LogP) is 3.83. The quantitative estimate of drug-likeness (QED) is 0.727. The molecule has 2 nitrogen and oxygen atoms in total. The SMILES string of the molecule is NCCc1ccc(C(=O)Cc2csc3ccccc23)cc1. The Hall–Kier alpha value is -1.97. The van der Waals surface area contributed by atoms with Gasteiger partial charge in [0.1, 0.15) is 0 Å². The van der Waals surface area contributed by atoms with Crippen LogP contribution in [0.3, 0.4) is 0 Å². The lowest BCUT2D eigenvalue weighted by Gasteiger charge is -2.03. The first-order valence-electron chi connectivity index (χ1n) is 7.05. The summed E-state index contributed by atoms with van der Waals surface area (Å²) in [5.41, 5.74) is 8.60. The normalized spacial score (nSPS) is 10.9. The molecule has 0 saturated carbocycles. The highest BCUT2D eigenvalue weighted by Crippen LogP contribution is 2.26. The summed E-state index contributed by atoms with van der Waals surface area (Å²) in [6, 6.07) is 16.0. The highest BCUT2D eigenvalue weighted by molar-refractivity contribution is 7.17. The average Bonchev–Trinajstić information content (AvgIpc) is 2.92. The molecule has 0 aliphatic heterocycles. The molecule has 1 heterocycles. The van der Waals surface area contributed by atoms with E-state index in [1.807, 2.05) is 36.4 Å². The molecule has 0 fully saturated rings. The van der Waals surface area contributed by atoms with Crippen LogP contribution in [0.4, 0.5) is 0 Å². The van der Waals surface area contributed by atoms with Gasteiger partial charge in [0.2, 0.25) is 0 Å². The molecule has 3 rings (SSSR count). The Balaban J connectivity index is 1.79. The number of rotatable bonds is 5. The lowest BCUT2D eigenvalue weighted by Crippen LogP contribution is -2.05. The number of hydrogen-bond donors (Lipinski definition) is 1. The van der Waals surface area contributed by atoms with E-state index in [1.165, 1.54) is 15.6 Å². The molecule has 2 N–H and O–H groups in total. The van der Waals surface area contributed by atoms with Gasteiger partial charge in [-0.25, -0.2) is 0 Å². The highest BCUT2D eigenvalue weighted by Gasteiger charge is 2.10. The molecule has 0 aliphatic carbocycles. The van der Waals surface area contributed by atoms with Crippen molar-refractivity contribution in [3.8, 4) is 0 Å². The van der Waals surface area contributed by atoms with E-state index < -0.39 is 0 Å². The van der Waals surface area contributed by atoms with Gasteiger partial charge >= 0.3 is 0 Å². The second kappa shape index (κ2) is 6.20. The van der Waals surface area contributed by atoms with Crippen molar-refractivity contribution in [2.45, 2.75) is 12.8 Å². The summed E-state index contributed by atoms with van der Waals surface area (Å²) in [4.78, 5) is 12.4. The Morgan fingerprint density at radius 3 is 2.57 bits per heavy atom. The van der Waals surface area contributed by atoms with Crippen LogP contribution in [0, 0.1) is 0 Å². The van der Waals surface area contributed by atoms with Gasteiger partial charge in [-0.1, -0.05) is 42.5 Å². The lowest BCUT2D eigenvalue weighted by atomic mass is 10.0. The minimum atomic E-state index is 0.165. The van der Waals surface area contributed by atoms with Gasteiger partial charge in [-0.3, -0.25) is 4.79 Å². The second-order valence-corrected chi connectivity index (χ2v) is 6.00. The van der Waals surface area contributed by atoms with Crippen LogP contribution in [-0.2, 0) is 12.8 Å². The number of ketones is 1. The minimum absolute atomic E-state index is 0.165. The number of thiophene rings is 1. The maximum atomic E-state index is 12.4. The van der Waals surface area contributed by atoms with Crippen molar-refractivity contribution in [1.29, 1.82) is 0 Å². The molecule has 0 aliphatic rings. The summed E-state index contributed by atoms with van der Waals surface area (Å²) >= 11 is 1.69. The van der Waals surface area contributed by atoms with Crippen LogP contribution in [-0.4, -0.2) is 12.3 Å². The summed E-state index contributed by atoms with van der Waals surface area (Å²) in [7, 11) is 0. The monoisotopic (exact) mass is 295 g/mol. The zero-order chi connectivity index (χ0) is 14.7. The van der Waals surface area contributed by atoms with Crippen LogP contribution in [0.1, 0.15) is 21.5 Å². The Bertz CT molecular complexity index is 758. The molecule has 21 heavy (non-hydrogen) atoms. The maximum Gasteiger partial charge on any atom is 0.167 e. The first-order chi connectivity index (χ1) is 10.3. The number of carbonyl (C=O) groups excluding carboxylic acids is 1. The van der Waals surface area contributed by atoms with Gasteiger partial charge in [0, 0.05) is 16.7 Å². The molecule has 3 aromatic rings. The third-order valence-corrected chi connectivity index (χ3v) is 4.63. The third kappa shape index (κ3) is 3.04. The van der Waals surface area contributed by atoms with Gasteiger partial charge in [-0.15, -0.1) is 11.3 Å². The largest absolute Gasteiger partial charge is 0.330 e. The molecular formula is C18H17NOS. The summed E-state index contributed by atoms with van der Waals surface area (Å²) in [6.07, 6.45) is 1.31. The Morgan fingerprint density at radius 2 is 1.81 bits per heavy atom. The number of nitrogens with two attached hydrogens (primary N) is 1. The Morgan fingerprint density at radius 1 is 1.05 bits per heavy atom. The van der Waals surface area contributed by atoms with Gasteiger partial charge in [-0.05, 0) is 40.9 Å². The van der Waals surface area contributed by atoms with Gasteiger partial charge in [0.05, 0.1) is 0 Å². The molecule has 106 valence electrons. The van der Waals surface area contributed by atoms with E-state index in [0.29, 0.717) is 13.0 Å². The summed E-state index contributed by atoms with van der Waals surface area (Å²) < 4.78 is 1.23. The predicted molar refractivity (Wildman–Crippen MR) is 89.1 cm³/mol. The van der Waals surface area contributed by atoms with Crippen molar-refractivity contribution in [3.63, 3.8) is 0 Å². The fourth-order valence-corrected chi connectivity index (χ4v) is 3.43. The van der Waals surface area contributed by atoms with E-state index in [4.69, 9.17) is 5.73 Å². The topological polar surface area (TPSA) is 43.1 Å². The van der Waals surface area contributed by atoms with Crippen LogP contribution < -0.4 is 5.73 Å². The molecule has 2 aromatic carbocycles. The Kier molecular flexibility index (Phi) is 4.13. The van der Waals surface area contributed by atoms with Gasteiger partial charge in [0.25, 0.3) is 0 Å². The molecule has 0 saturated heterocycles. The molecule has 0 atom stereocenters. The van der Waals surface area contributed by atoms with Gasteiger partial charge in [-0.2, -0.15) is 0 Å². The average molecular weight is 295 g/mol. The minimum Gasteiger partial charge on any atom is -0.330 e. The molecule has 0 radical (unpaired) electrons. The fourth-order valence-electron chi connectivity index (χ4n) is 2.47. The third-order valence-electron chi connectivity index (χ3n) is 3.62. The number of Topliss-reactive ketones (excluding diaryl/α,β-unsaturated/α-hetero) is 1. The zero-order valence-electron chi connectivity index (χ0n) is 11.7. The van der Waals surface area contributed by atoms with E-state index in [0.717, 1.165) is 17.5 Å². The molecule has 0 spiro atoms. The van der Waals surface area contributed by atoms with Crippen molar-refractivity contribution >= 4 is 27.2 Å². The second-order valence-electron chi connectivity index (χ2n) is 5.09. The van der Waals surface area contributed by atoms with E-state index in [1.54, 1.807) is 11.3 Å². The van der Waals surface area contributed by atoms with Crippen LogP contribution >= 0.6 is 11.3 Å². The van der Waals surface area contributed by atoms with E-state index in [9.17, 15) is 4.79 Å². The van der Waals surface area contributed by atoms with E-state index >= 15 is 0 Å². The van der Waals surface area contributed by atoms with E-state index in [2.05, 4.69) is 17.5 Å². The van der Waals surface area contributed by atoms with Gasteiger partial charge < -0.3 is 5.73 Å². The molecule has 3 heteroatoms. The summed E-state index contributed by atoms with van der Waals surface area (Å²) in [5, 5.41) is 3.28. The molecule has 0 bridgehead atoms. The van der Waals surface area contributed by atoms with Crippen LogP contribution in [0.15, 0.2) is 53.9 Å². The Labute approximate surface area is 128 Å². The number of carbonyl (C=O) groups is 1. The molecule has 0 amide bonds. The van der Waals surface area contributed by atoms with Crippen molar-refractivity contribution in [1.82, 2.24) is 0 Å². The summed E-state index contributed by atoms with van der Waals surface area (Å²) in [6.45, 7) is 0.633. The first kappa shape index (κ1) is 14.0. The van der Waals surface area contributed by atoms with Crippen LogP contribution in [0.25, 0.3) is 10.1 Å². The number of fused-ring (bicyclic) bond motifs is 1. The number of benzene rings is 2. The highest BCUT2D eigenvalue weighted by atomic mass is 32.1. The van der Waals surface area contributed by atoms with Crippen molar-refractivity contribution in [2.24, 2.45) is 5.73 Å². The maximum absolute atomic E-state index is 12.4. The van der Waals surface area contributed by atoms with Crippen molar-refractivity contribution in [3.05, 3.63) is 70.6 Å². The summed E-state index contributed by atoms with van der Waals surface area (Å²) in [5.74, 6) is 0.165. The molecule has 1 aromatic heterocycles.